The fourth-order valence-corrected chi connectivity index (χ4v) is 3.07. The number of aromatic nitrogens is 3. The van der Waals surface area contributed by atoms with Gasteiger partial charge < -0.3 is 10.6 Å². The van der Waals surface area contributed by atoms with Crippen LogP contribution in [0.25, 0.3) is 11.0 Å². The summed E-state index contributed by atoms with van der Waals surface area (Å²) in [7, 11) is 1.80. The first-order valence-electron chi connectivity index (χ1n) is 8.15. The molecule has 0 unspecified atom stereocenters. The Labute approximate surface area is 138 Å². The van der Waals surface area contributed by atoms with Gasteiger partial charge in [0.2, 0.25) is 5.92 Å². The second-order valence-electron chi connectivity index (χ2n) is 6.39. The molecule has 24 heavy (non-hydrogen) atoms. The summed E-state index contributed by atoms with van der Waals surface area (Å²) in [5.74, 6) is -2.24. The number of carbonyl (C=O) groups is 1. The van der Waals surface area contributed by atoms with Gasteiger partial charge in [-0.2, -0.15) is 0 Å². The molecular weight excluding hydrogens is 316 g/mol. The summed E-state index contributed by atoms with van der Waals surface area (Å²) in [6.45, 7) is 0.482. The largest absolute Gasteiger partial charge is 0.338 e. The number of anilines is 1. The second kappa shape index (κ2) is 6.70. The SMILES string of the molecule is Cn1nnc2cc(NC(=O)NCCC3CCC(F)(F)CC3)ccc21. The highest BCUT2D eigenvalue weighted by atomic mass is 19.3. The van der Waals surface area contributed by atoms with Gasteiger partial charge in [0.15, 0.2) is 0 Å². The third-order valence-corrected chi connectivity index (χ3v) is 4.54. The number of halogens is 2. The van der Waals surface area contributed by atoms with Crippen LogP contribution in [0.1, 0.15) is 32.1 Å². The van der Waals surface area contributed by atoms with E-state index in [0.29, 0.717) is 30.6 Å². The van der Waals surface area contributed by atoms with Crippen LogP contribution in [0, 0.1) is 5.92 Å². The van der Waals surface area contributed by atoms with E-state index in [1.807, 2.05) is 6.07 Å². The Balaban J connectivity index is 1.43. The van der Waals surface area contributed by atoms with Gasteiger partial charge in [-0.25, -0.2) is 18.3 Å². The smallest absolute Gasteiger partial charge is 0.319 e. The third kappa shape index (κ3) is 3.98. The number of hydrogen-bond donors (Lipinski definition) is 2. The van der Waals surface area contributed by atoms with E-state index in [1.54, 1.807) is 23.9 Å². The summed E-state index contributed by atoms with van der Waals surface area (Å²) in [4.78, 5) is 11.9. The molecular formula is C16H21F2N5O. The van der Waals surface area contributed by atoms with Gasteiger partial charge in [-0.05, 0) is 43.4 Å². The molecule has 1 aromatic carbocycles. The zero-order valence-electron chi connectivity index (χ0n) is 13.6. The zero-order valence-corrected chi connectivity index (χ0v) is 13.6. The molecule has 0 aliphatic heterocycles. The summed E-state index contributed by atoms with van der Waals surface area (Å²) in [6, 6.07) is 5.08. The molecule has 0 atom stereocenters. The van der Waals surface area contributed by atoms with Gasteiger partial charge in [0.05, 0.1) is 5.52 Å². The summed E-state index contributed by atoms with van der Waals surface area (Å²) < 4.78 is 27.8. The summed E-state index contributed by atoms with van der Waals surface area (Å²) in [5.41, 5.74) is 2.23. The molecule has 1 aliphatic carbocycles. The highest BCUT2D eigenvalue weighted by Gasteiger charge is 2.34. The fraction of sp³-hybridized carbons (Fsp3) is 0.562. The minimum Gasteiger partial charge on any atom is -0.338 e. The van der Waals surface area contributed by atoms with Gasteiger partial charge in [0.1, 0.15) is 5.52 Å². The number of aryl methyl sites for hydroxylation is 1. The first-order chi connectivity index (χ1) is 11.4. The van der Waals surface area contributed by atoms with Crippen molar-refractivity contribution in [2.75, 3.05) is 11.9 Å². The quantitative estimate of drug-likeness (QED) is 0.899. The Bertz CT molecular complexity index is 720. The van der Waals surface area contributed by atoms with Crippen molar-refractivity contribution in [2.24, 2.45) is 13.0 Å². The number of urea groups is 1. The number of fused-ring (bicyclic) bond motifs is 1. The summed E-state index contributed by atoms with van der Waals surface area (Å²) in [6.07, 6.45) is 1.70. The number of benzene rings is 1. The van der Waals surface area contributed by atoms with Crippen molar-refractivity contribution < 1.29 is 13.6 Å². The van der Waals surface area contributed by atoms with Crippen molar-refractivity contribution in [3.8, 4) is 0 Å². The third-order valence-electron chi connectivity index (χ3n) is 4.54. The lowest BCUT2D eigenvalue weighted by Crippen LogP contribution is -2.32. The van der Waals surface area contributed by atoms with Crippen LogP contribution >= 0.6 is 0 Å². The van der Waals surface area contributed by atoms with Crippen LogP contribution < -0.4 is 10.6 Å². The predicted octanol–water partition coefficient (Wildman–Crippen LogP) is 3.31. The average Bonchev–Trinajstić information content (AvgIpc) is 2.90. The highest BCUT2D eigenvalue weighted by molar-refractivity contribution is 5.91. The lowest BCUT2D eigenvalue weighted by atomic mass is 9.85. The molecule has 1 fully saturated rings. The van der Waals surface area contributed by atoms with Crippen molar-refractivity contribution in [3.05, 3.63) is 18.2 Å². The summed E-state index contributed by atoms with van der Waals surface area (Å²) in [5, 5.41) is 13.4. The van der Waals surface area contributed by atoms with Gasteiger partial charge in [0, 0.05) is 32.1 Å². The zero-order chi connectivity index (χ0) is 17.2. The van der Waals surface area contributed by atoms with E-state index in [0.717, 1.165) is 11.9 Å². The van der Waals surface area contributed by atoms with Crippen LogP contribution in [0.2, 0.25) is 0 Å². The van der Waals surface area contributed by atoms with Crippen LogP contribution in [0.3, 0.4) is 0 Å². The van der Waals surface area contributed by atoms with E-state index in [2.05, 4.69) is 20.9 Å². The second-order valence-corrected chi connectivity index (χ2v) is 6.39. The Morgan fingerprint density at radius 1 is 1.38 bits per heavy atom. The number of amides is 2. The molecule has 130 valence electrons. The minimum atomic E-state index is -2.50. The molecule has 0 radical (unpaired) electrons. The van der Waals surface area contributed by atoms with Crippen molar-refractivity contribution in [1.29, 1.82) is 0 Å². The number of nitrogens with one attached hydrogen (secondary N) is 2. The molecule has 1 heterocycles. The average molecular weight is 337 g/mol. The van der Waals surface area contributed by atoms with E-state index in [1.165, 1.54) is 0 Å². The Hall–Kier alpha value is -2.25. The molecule has 0 spiro atoms. The van der Waals surface area contributed by atoms with Crippen molar-refractivity contribution in [3.63, 3.8) is 0 Å². The van der Waals surface area contributed by atoms with Crippen molar-refractivity contribution >= 4 is 22.8 Å². The molecule has 2 aromatic rings. The molecule has 2 amide bonds. The highest BCUT2D eigenvalue weighted by Crippen LogP contribution is 2.37. The molecule has 6 nitrogen and oxygen atoms in total. The van der Waals surface area contributed by atoms with Gasteiger partial charge >= 0.3 is 6.03 Å². The van der Waals surface area contributed by atoms with Crippen LogP contribution in [-0.2, 0) is 7.05 Å². The molecule has 1 aromatic heterocycles. The molecule has 1 aliphatic rings. The number of rotatable bonds is 4. The fourth-order valence-electron chi connectivity index (χ4n) is 3.07. The van der Waals surface area contributed by atoms with E-state index < -0.39 is 5.92 Å². The minimum absolute atomic E-state index is 0.0397. The number of alkyl halides is 2. The lowest BCUT2D eigenvalue weighted by Gasteiger charge is -2.28. The standard InChI is InChI=1S/C16H21F2N5O/c1-23-14-3-2-12(10-13(14)21-22-23)20-15(24)19-9-6-11-4-7-16(17,18)8-5-11/h2-3,10-11H,4-9H2,1H3,(H2,19,20,24). The van der Waals surface area contributed by atoms with Crippen LogP contribution in [0.15, 0.2) is 18.2 Å². The molecule has 8 heteroatoms. The van der Waals surface area contributed by atoms with Crippen molar-refractivity contribution in [1.82, 2.24) is 20.3 Å². The van der Waals surface area contributed by atoms with Crippen LogP contribution in [0.4, 0.5) is 19.3 Å². The van der Waals surface area contributed by atoms with Gasteiger partial charge in [-0.15, -0.1) is 5.10 Å². The van der Waals surface area contributed by atoms with Crippen LogP contribution in [0.5, 0.6) is 0 Å². The normalized spacial score (nSPS) is 17.8. The van der Waals surface area contributed by atoms with Gasteiger partial charge in [-0.3, -0.25) is 0 Å². The predicted molar refractivity (Wildman–Crippen MR) is 87.1 cm³/mol. The molecule has 3 rings (SSSR count). The molecule has 0 saturated heterocycles. The number of carbonyl (C=O) groups excluding carboxylic acids is 1. The first-order valence-corrected chi connectivity index (χ1v) is 8.15. The lowest BCUT2D eigenvalue weighted by molar-refractivity contribution is -0.0463. The maximum absolute atomic E-state index is 13.1. The van der Waals surface area contributed by atoms with E-state index in [4.69, 9.17) is 0 Å². The number of hydrogen-bond acceptors (Lipinski definition) is 3. The van der Waals surface area contributed by atoms with Gasteiger partial charge in [-0.1, -0.05) is 5.21 Å². The van der Waals surface area contributed by atoms with Crippen LogP contribution in [-0.4, -0.2) is 33.5 Å². The molecule has 2 N–H and O–H groups in total. The Morgan fingerprint density at radius 3 is 2.88 bits per heavy atom. The monoisotopic (exact) mass is 337 g/mol. The molecule has 1 saturated carbocycles. The maximum atomic E-state index is 13.1. The molecule has 0 bridgehead atoms. The van der Waals surface area contributed by atoms with Gasteiger partial charge in [0.25, 0.3) is 0 Å². The maximum Gasteiger partial charge on any atom is 0.319 e. The van der Waals surface area contributed by atoms with E-state index in [-0.39, 0.29) is 24.8 Å². The first kappa shape index (κ1) is 16.6. The Morgan fingerprint density at radius 2 is 2.12 bits per heavy atom. The van der Waals surface area contributed by atoms with E-state index >= 15 is 0 Å². The van der Waals surface area contributed by atoms with E-state index in [9.17, 15) is 13.6 Å². The number of nitrogens with zero attached hydrogens (tertiary/aromatic N) is 3. The van der Waals surface area contributed by atoms with Crippen molar-refractivity contribution in [2.45, 2.75) is 38.0 Å². The Kier molecular flexibility index (Phi) is 4.64. The summed E-state index contributed by atoms with van der Waals surface area (Å²) >= 11 is 0. The topological polar surface area (TPSA) is 71.8 Å².